The van der Waals surface area contributed by atoms with E-state index in [-0.39, 0.29) is 17.0 Å². The molecule has 4 rings (SSSR count). The van der Waals surface area contributed by atoms with Gasteiger partial charge in [0, 0.05) is 13.8 Å². The first-order valence-electron chi connectivity index (χ1n) is 9.67. The lowest BCUT2D eigenvalue weighted by Crippen LogP contribution is -3.00. The van der Waals surface area contributed by atoms with Gasteiger partial charge in [0.05, 0.1) is 11.8 Å². The molecule has 31 heavy (non-hydrogen) atoms. The van der Waals surface area contributed by atoms with Crippen molar-refractivity contribution < 1.29 is 39.3 Å². The summed E-state index contributed by atoms with van der Waals surface area (Å²) in [6.07, 6.45) is -2.42. The lowest BCUT2D eigenvalue weighted by molar-refractivity contribution is -0.519. The van der Waals surface area contributed by atoms with Gasteiger partial charge in [-0.1, -0.05) is 42.5 Å². The van der Waals surface area contributed by atoms with Gasteiger partial charge in [-0.3, -0.25) is 0 Å². The van der Waals surface area contributed by atoms with Crippen molar-refractivity contribution in [3.63, 3.8) is 0 Å². The van der Waals surface area contributed by atoms with E-state index in [9.17, 15) is 13.2 Å². The average Bonchev–Trinajstić information content (AvgIpc) is 2.98. The van der Waals surface area contributed by atoms with Crippen LogP contribution in [-0.2, 0) is 19.3 Å². The van der Waals surface area contributed by atoms with Crippen LogP contribution in [0.4, 0.5) is 13.2 Å². The fourth-order valence-electron chi connectivity index (χ4n) is 3.61. The molecule has 0 radical (unpaired) electrons. The topological polar surface area (TPSA) is 18.3 Å². The summed E-state index contributed by atoms with van der Waals surface area (Å²) in [4.78, 5) is 0. The monoisotopic (exact) mass is 490 g/mol. The smallest absolute Gasteiger partial charge is 0.416 e. The second kappa shape index (κ2) is 9.14. The number of alkyl halides is 3. The Kier molecular flexibility index (Phi) is 6.74. The van der Waals surface area contributed by atoms with E-state index in [0.717, 1.165) is 28.7 Å². The number of hydrogen-bond donors (Lipinski definition) is 0. The van der Waals surface area contributed by atoms with Crippen LogP contribution in [0.1, 0.15) is 28.1 Å². The zero-order chi connectivity index (χ0) is 21.3. The van der Waals surface area contributed by atoms with Crippen molar-refractivity contribution in [2.75, 3.05) is 0 Å². The predicted molar refractivity (Wildman–Crippen MR) is 108 cm³/mol. The van der Waals surface area contributed by atoms with Crippen LogP contribution in [0.5, 0.6) is 5.75 Å². The highest BCUT2D eigenvalue weighted by Crippen LogP contribution is 2.30. The Morgan fingerprint density at radius 1 is 0.903 bits per heavy atom. The van der Waals surface area contributed by atoms with Gasteiger partial charge in [0.15, 0.2) is 0 Å². The Hall–Kier alpha value is -2.80. The molecule has 0 N–H and O–H groups in total. The standard InChI is InChI=1S/C24H22F3N2O.BrH/c1-17-18(2)29(15-20-10-6-11-21(14-20)24(25,26)27)23-22(12-7-13-28(17)23)30-16-19-8-4-3-5-9-19;/h3-14H,15-16H2,1-2H3;1H/q+1;/p-1. The Morgan fingerprint density at radius 2 is 1.61 bits per heavy atom. The summed E-state index contributed by atoms with van der Waals surface area (Å²) < 4.78 is 49.5. The molecule has 162 valence electrons. The zero-order valence-electron chi connectivity index (χ0n) is 17.2. The summed E-state index contributed by atoms with van der Waals surface area (Å²) in [7, 11) is 0. The van der Waals surface area contributed by atoms with Gasteiger partial charge < -0.3 is 21.7 Å². The molecule has 0 saturated carbocycles. The number of hydrogen-bond acceptors (Lipinski definition) is 1. The molecule has 2 heterocycles. The van der Waals surface area contributed by atoms with Gasteiger partial charge in [0.25, 0.3) is 0 Å². The van der Waals surface area contributed by atoms with Crippen LogP contribution in [-0.4, -0.2) is 4.57 Å². The van der Waals surface area contributed by atoms with E-state index in [0.29, 0.717) is 24.5 Å². The quantitative estimate of drug-likeness (QED) is 0.393. The van der Waals surface area contributed by atoms with Crippen LogP contribution in [0.2, 0.25) is 0 Å². The predicted octanol–water partition coefficient (Wildman–Crippen LogP) is 2.49. The summed E-state index contributed by atoms with van der Waals surface area (Å²) in [6, 6.07) is 19.1. The van der Waals surface area contributed by atoms with Gasteiger partial charge in [0.2, 0.25) is 5.75 Å². The van der Waals surface area contributed by atoms with E-state index in [1.165, 1.54) is 12.1 Å². The molecule has 0 saturated heterocycles. The number of ether oxygens (including phenoxy) is 1. The first kappa shape index (κ1) is 22.9. The van der Waals surface area contributed by atoms with E-state index in [4.69, 9.17) is 4.74 Å². The van der Waals surface area contributed by atoms with Crippen molar-refractivity contribution in [3.8, 4) is 5.75 Å². The normalized spacial score (nSPS) is 11.4. The van der Waals surface area contributed by atoms with Gasteiger partial charge in [-0.05, 0) is 35.4 Å². The summed E-state index contributed by atoms with van der Waals surface area (Å²) in [5, 5.41) is 0. The van der Waals surface area contributed by atoms with Crippen molar-refractivity contribution >= 4 is 5.65 Å². The fraction of sp³-hybridized carbons (Fsp3) is 0.208. The molecule has 0 atom stereocenters. The van der Waals surface area contributed by atoms with Gasteiger partial charge in [0.1, 0.15) is 24.5 Å². The number of pyridine rings is 1. The van der Waals surface area contributed by atoms with E-state index in [2.05, 4.69) is 0 Å². The maximum absolute atomic E-state index is 13.1. The highest BCUT2D eigenvalue weighted by Gasteiger charge is 2.31. The van der Waals surface area contributed by atoms with Crippen LogP contribution in [0.3, 0.4) is 0 Å². The van der Waals surface area contributed by atoms with E-state index >= 15 is 0 Å². The molecular formula is C24H22BrF3N2O. The fourth-order valence-corrected chi connectivity index (χ4v) is 3.61. The highest BCUT2D eigenvalue weighted by atomic mass is 79.9. The van der Waals surface area contributed by atoms with Crippen LogP contribution in [0.15, 0.2) is 72.9 Å². The molecule has 0 fully saturated rings. The highest BCUT2D eigenvalue weighted by molar-refractivity contribution is 5.51. The third kappa shape index (κ3) is 4.77. The molecule has 3 nitrogen and oxygen atoms in total. The molecule has 0 aliphatic heterocycles. The number of imidazole rings is 1. The molecule has 4 aromatic rings. The second-order valence-electron chi connectivity index (χ2n) is 7.30. The van der Waals surface area contributed by atoms with Crippen LogP contribution < -0.4 is 26.1 Å². The summed E-state index contributed by atoms with van der Waals surface area (Å²) in [5.41, 5.74) is 3.80. The summed E-state index contributed by atoms with van der Waals surface area (Å²) >= 11 is 0. The molecule has 0 bridgehead atoms. The molecule has 0 aliphatic carbocycles. The lowest BCUT2D eigenvalue weighted by Gasteiger charge is -2.09. The number of aryl methyl sites for hydroxylation is 1. The van der Waals surface area contributed by atoms with E-state index in [1.54, 1.807) is 6.07 Å². The molecule has 0 unspecified atom stereocenters. The van der Waals surface area contributed by atoms with Crippen molar-refractivity contribution in [2.24, 2.45) is 0 Å². The second-order valence-corrected chi connectivity index (χ2v) is 7.30. The number of rotatable bonds is 5. The maximum atomic E-state index is 13.1. The summed E-state index contributed by atoms with van der Waals surface area (Å²) in [5.74, 6) is 0.685. The van der Waals surface area contributed by atoms with Crippen LogP contribution >= 0.6 is 0 Å². The minimum absolute atomic E-state index is 0. The molecular weight excluding hydrogens is 469 g/mol. The van der Waals surface area contributed by atoms with Gasteiger partial charge in [-0.25, -0.2) is 4.57 Å². The van der Waals surface area contributed by atoms with Crippen LogP contribution in [0.25, 0.3) is 5.65 Å². The largest absolute Gasteiger partial charge is 1.00 e. The lowest BCUT2D eigenvalue weighted by atomic mass is 10.1. The number of halogens is 4. The summed E-state index contributed by atoms with van der Waals surface area (Å²) in [6.45, 7) is 4.69. The Morgan fingerprint density at radius 3 is 2.32 bits per heavy atom. The molecule has 0 amide bonds. The van der Waals surface area contributed by atoms with E-state index < -0.39 is 11.7 Å². The SMILES string of the molecule is Cc1c(C)[n+]2cccc(OCc3ccccc3)c2n1Cc1cccc(C(F)(F)F)c1.[Br-]. The van der Waals surface area contributed by atoms with Crippen LogP contribution in [0, 0.1) is 13.8 Å². The number of benzene rings is 2. The number of nitrogens with zero attached hydrogens (tertiary/aromatic N) is 2. The van der Waals surface area contributed by atoms with Gasteiger partial charge >= 0.3 is 11.8 Å². The molecule has 0 aliphatic rings. The minimum atomic E-state index is -4.36. The van der Waals surface area contributed by atoms with Crippen molar-refractivity contribution in [1.29, 1.82) is 0 Å². The maximum Gasteiger partial charge on any atom is 0.416 e. The zero-order valence-corrected chi connectivity index (χ0v) is 18.7. The number of fused-ring (bicyclic) bond motifs is 1. The third-order valence-electron chi connectivity index (χ3n) is 5.31. The molecule has 2 aromatic carbocycles. The third-order valence-corrected chi connectivity index (χ3v) is 5.31. The Labute approximate surface area is 189 Å². The average molecular weight is 491 g/mol. The Balaban J connectivity index is 0.00000272. The van der Waals surface area contributed by atoms with E-state index in [1.807, 2.05) is 71.5 Å². The number of aromatic nitrogens is 2. The Bertz CT molecular complexity index is 1190. The van der Waals surface area contributed by atoms with Crippen molar-refractivity contribution in [1.82, 2.24) is 4.57 Å². The first-order chi connectivity index (χ1) is 14.3. The van der Waals surface area contributed by atoms with Crippen molar-refractivity contribution in [3.05, 3.63) is 101 Å². The first-order valence-corrected chi connectivity index (χ1v) is 9.67. The molecule has 2 aromatic heterocycles. The van der Waals surface area contributed by atoms with Crippen molar-refractivity contribution in [2.45, 2.75) is 33.2 Å². The molecule has 0 spiro atoms. The molecule has 7 heteroatoms. The van der Waals surface area contributed by atoms with Gasteiger partial charge in [-0.15, -0.1) is 0 Å². The van der Waals surface area contributed by atoms with Gasteiger partial charge in [-0.2, -0.15) is 17.6 Å². The minimum Gasteiger partial charge on any atom is -1.00 e.